The summed E-state index contributed by atoms with van der Waals surface area (Å²) in [5, 5.41) is 3.95. The molecular formula is C36H50BN3O2Si. The van der Waals surface area contributed by atoms with Crippen LogP contribution in [0.5, 0.6) is 0 Å². The van der Waals surface area contributed by atoms with E-state index in [-0.39, 0.29) is 5.44 Å². The number of anilines is 3. The second-order valence-electron chi connectivity index (χ2n) is 13.2. The highest BCUT2D eigenvalue weighted by atomic mass is 28.3. The van der Waals surface area contributed by atoms with Crippen molar-refractivity contribution in [2.75, 3.05) is 57.0 Å². The minimum Gasteiger partial charge on any atom is -0.403 e. The number of nitrogens with zero attached hydrogens (tertiary/aromatic N) is 3. The quantitative estimate of drug-likeness (QED) is 0.176. The zero-order valence-electron chi connectivity index (χ0n) is 28.1. The highest BCUT2D eigenvalue weighted by Crippen LogP contribution is 2.43. The molecule has 0 aromatic heterocycles. The second kappa shape index (κ2) is 12.8. The molecule has 1 unspecified atom stereocenters. The molecule has 228 valence electrons. The van der Waals surface area contributed by atoms with Crippen molar-refractivity contribution in [2.45, 2.75) is 51.3 Å². The molecule has 0 saturated carbocycles. The van der Waals surface area contributed by atoms with Gasteiger partial charge in [-0.15, -0.1) is 0 Å². The molecule has 1 heterocycles. The zero-order chi connectivity index (χ0) is 31.6. The van der Waals surface area contributed by atoms with Crippen LogP contribution in [-0.2, 0) is 9.31 Å². The van der Waals surface area contributed by atoms with Crippen molar-refractivity contribution >= 4 is 47.8 Å². The molecule has 3 aromatic rings. The van der Waals surface area contributed by atoms with E-state index < -0.39 is 26.4 Å². The van der Waals surface area contributed by atoms with E-state index in [4.69, 9.17) is 9.31 Å². The number of rotatable bonds is 10. The summed E-state index contributed by atoms with van der Waals surface area (Å²) in [7, 11) is 9.21. The molecule has 0 radical (unpaired) electrons. The van der Waals surface area contributed by atoms with Gasteiger partial charge in [0.2, 0.25) is 0 Å². The van der Waals surface area contributed by atoms with Crippen molar-refractivity contribution in [2.24, 2.45) is 0 Å². The average molecular weight is 596 g/mol. The van der Waals surface area contributed by atoms with Crippen molar-refractivity contribution in [1.29, 1.82) is 0 Å². The fraction of sp³-hybridized carbons (Fsp3) is 0.389. The number of hydrogen-bond acceptors (Lipinski definition) is 5. The van der Waals surface area contributed by atoms with Crippen LogP contribution in [0.4, 0.5) is 17.1 Å². The molecule has 7 heteroatoms. The summed E-state index contributed by atoms with van der Waals surface area (Å²) in [4.78, 5) is 6.47. The van der Waals surface area contributed by atoms with Gasteiger partial charge in [0.1, 0.15) is 0 Å². The van der Waals surface area contributed by atoms with Gasteiger partial charge < -0.3 is 24.0 Å². The molecule has 1 aliphatic heterocycles. The monoisotopic (exact) mass is 595 g/mol. The van der Waals surface area contributed by atoms with Crippen LogP contribution in [0.3, 0.4) is 0 Å². The lowest BCUT2D eigenvalue weighted by Crippen LogP contribution is -2.72. The van der Waals surface area contributed by atoms with Crippen molar-refractivity contribution in [1.82, 2.24) is 0 Å². The third-order valence-electron chi connectivity index (χ3n) is 9.20. The van der Waals surface area contributed by atoms with E-state index in [0.717, 1.165) is 0 Å². The van der Waals surface area contributed by atoms with E-state index in [1.165, 1.54) is 32.6 Å². The molecule has 0 bridgehead atoms. The lowest BCUT2D eigenvalue weighted by Gasteiger charge is -2.40. The van der Waals surface area contributed by atoms with Gasteiger partial charge in [0.15, 0.2) is 8.07 Å². The van der Waals surface area contributed by atoms with Gasteiger partial charge in [-0.05, 0) is 86.6 Å². The number of benzene rings is 3. The molecule has 0 N–H and O–H groups in total. The van der Waals surface area contributed by atoms with Gasteiger partial charge in [0, 0.05) is 64.8 Å². The smallest absolute Gasteiger partial charge is 0.403 e. The van der Waals surface area contributed by atoms with Crippen molar-refractivity contribution in [3.05, 3.63) is 97.1 Å². The predicted molar refractivity (Wildman–Crippen MR) is 191 cm³/mol. The Kier molecular flexibility index (Phi) is 9.70. The lowest BCUT2D eigenvalue weighted by molar-refractivity contribution is 0.00578. The Bertz CT molecular complexity index is 1270. The predicted octanol–water partition coefficient (Wildman–Crippen LogP) is 5.49. The van der Waals surface area contributed by atoms with Crippen LogP contribution < -0.4 is 30.3 Å². The van der Waals surface area contributed by atoms with Crippen LogP contribution in [0.2, 0.25) is 5.44 Å². The van der Waals surface area contributed by atoms with E-state index in [2.05, 4.69) is 189 Å². The standard InChI is InChI=1S/C36H50BN3O2Si/c1-12-13-14-15-34(37-41-35(2,3)36(4,5)42-37)43(31-22-16-28(17-23-31)38(6)7,32-24-18-29(19-25-32)39(8)9)33-26-20-30(21-27-33)40(10)11/h12-27,34H,1-11H3/b13-12-,15-14+. The van der Waals surface area contributed by atoms with Crippen LogP contribution in [0.15, 0.2) is 97.1 Å². The molecule has 3 aromatic carbocycles. The summed E-state index contributed by atoms with van der Waals surface area (Å²) >= 11 is 0. The topological polar surface area (TPSA) is 28.2 Å². The average Bonchev–Trinajstić information content (AvgIpc) is 3.19. The molecule has 5 nitrogen and oxygen atoms in total. The Morgan fingerprint density at radius 1 is 0.581 bits per heavy atom. The Labute approximate surface area is 262 Å². The van der Waals surface area contributed by atoms with Gasteiger partial charge in [0.05, 0.1) is 11.2 Å². The first-order valence-electron chi connectivity index (χ1n) is 15.2. The van der Waals surface area contributed by atoms with Crippen LogP contribution in [0, 0.1) is 0 Å². The third-order valence-corrected chi connectivity index (χ3v) is 14.4. The van der Waals surface area contributed by atoms with Crippen LogP contribution in [0.1, 0.15) is 34.6 Å². The lowest BCUT2D eigenvalue weighted by atomic mass is 9.83. The maximum Gasteiger partial charge on any atom is 0.463 e. The highest BCUT2D eigenvalue weighted by molar-refractivity contribution is 7.16. The summed E-state index contributed by atoms with van der Waals surface area (Å²) in [6.45, 7) is 10.6. The van der Waals surface area contributed by atoms with Crippen LogP contribution in [-0.4, -0.2) is 68.7 Å². The van der Waals surface area contributed by atoms with Gasteiger partial charge >= 0.3 is 7.12 Å². The molecule has 0 aliphatic carbocycles. The first kappa shape index (κ1) is 32.7. The molecule has 0 amide bonds. The van der Waals surface area contributed by atoms with Crippen molar-refractivity contribution in [3.63, 3.8) is 0 Å². The van der Waals surface area contributed by atoms with Gasteiger partial charge in [-0.2, -0.15) is 0 Å². The molecule has 0 spiro atoms. The summed E-state index contributed by atoms with van der Waals surface area (Å²) in [5.41, 5.74) is 2.55. The van der Waals surface area contributed by atoms with E-state index in [1.807, 2.05) is 0 Å². The summed E-state index contributed by atoms with van der Waals surface area (Å²) in [5.74, 6) is 0. The molecule has 1 saturated heterocycles. The Balaban J connectivity index is 2.11. The molecule has 1 aliphatic rings. The maximum atomic E-state index is 6.93. The van der Waals surface area contributed by atoms with Gasteiger partial charge in [-0.1, -0.05) is 60.7 Å². The SMILES string of the molecule is C/C=C\C=C\C(B1OC(C)(C)C(C)(C)O1)[Si](c1ccc(N(C)C)cc1)(c1ccc(N(C)C)cc1)c1ccc(N(C)C)cc1. The summed E-state index contributed by atoms with van der Waals surface area (Å²) < 4.78 is 13.9. The first-order chi connectivity index (χ1) is 20.2. The Hall–Kier alpha value is -3.26. The highest BCUT2D eigenvalue weighted by Gasteiger charge is 2.60. The minimum atomic E-state index is -2.89. The van der Waals surface area contributed by atoms with Crippen LogP contribution >= 0.6 is 0 Å². The minimum absolute atomic E-state index is 0.0645. The summed E-state index contributed by atoms with van der Waals surface area (Å²) in [6, 6.07) is 27.5. The van der Waals surface area contributed by atoms with Gasteiger partial charge in [-0.25, -0.2) is 0 Å². The van der Waals surface area contributed by atoms with Crippen molar-refractivity contribution < 1.29 is 9.31 Å². The molecule has 4 rings (SSSR count). The first-order valence-corrected chi connectivity index (χ1v) is 17.3. The van der Waals surface area contributed by atoms with Gasteiger partial charge in [0.25, 0.3) is 0 Å². The van der Waals surface area contributed by atoms with E-state index >= 15 is 0 Å². The molecule has 43 heavy (non-hydrogen) atoms. The summed E-state index contributed by atoms with van der Waals surface area (Å²) in [6.07, 6.45) is 8.70. The second-order valence-corrected chi connectivity index (χ2v) is 17.2. The van der Waals surface area contributed by atoms with E-state index in [9.17, 15) is 0 Å². The third kappa shape index (κ3) is 6.35. The number of hydrogen-bond donors (Lipinski definition) is 0. The Morgan fingerprint density at radius 3 is 1.19 bits per heavy atom. The largest absolute Gasteiger partial charge is 0.463 e. The fourth-order valence-electron chi connectivity index (χ4n) is 5.91. The van der Waals surface area contributed by atoms with E-state index in [1.54, 1.807) is 0 Å². The van der Waals surface area contributed by atoms with E-state index in [0.29, 0.717) is 0 Å². The van der Waals surface area contributed by atoms with Crippen molar-refractivity contribution in [3.8, 4) is 0 Å². The van der Waals surface area contributed by atoms with Crippen LogP contribution in [0.25, 0.3) is 0 Å². The molecular weight excluding hydrogens is 545 g/mol. The maximum absolute atomic E-state index is 6.93. The zero-order valence-corrected chi connectivity index (χ0v) is 29.1. The fourth-order valence-corrected chi connectivity index (χ4v) is 11.1. The molecule has 1 atom stereocenters. The number of allylic oxidation sites excluding steroid dienone is 4. The molecule has 1 fully saturated rings. The Morgan fingerprint density at radius 2 is 0.907 bits per heavy atom. The van der Waals surface area contributed by atoms with Gasteiger partial charge in [-0.3, -0.25) is 0 Å². The normalized spacial score (nSPS) is 17.0.